The van der Waals surface area contributed by atoms with Gasteiger partial charge in [-0.2, -0.15) is 0 Å². The molecule has 7 heteroatoms. The number of benzene rings is 3. The molecule has 4 aromatic rings. The molecule has 0 fully saturated rings. The van der Waals surface area contributed by atoms with Crippen LogP contribution in [0.15, 0.2) is 72.8 Å². The molecule has 2 N–H and O–H groups in total. The molecule has 3 aromatic carbocycles. The second kappa shape index (κ2) is 8.20. The van der Waals surface area contributed by atoms with E-state index >= 15 is 0 Å². The molecule has 0 aliphatic carbocycles. The number of carbonyl (C=O) groups is 2. The summed E-state index contributed by atoms with van der Waals surface area (Å²) in [6.07, 6.45) is -0.176. The van der Waals surface area contributed by atoms with Crippen LogP contribution in [0.25, 0.3) is 10.2 Å². The molecule has 1 aliphatic heterocycles. The van der Waals surface area contributed by atoms with E-state index in [2.05, 4.69) is 21.7 Å². The van der Waals surface area contributed by atoms with Gasteiger partial charge in [0, 0.05) is 12.1 Å². The van der Waals surface area contributed by atoms with Crippen molar-refractivity contribution >= 4 is 44.7 Å². The molecule has 0 bridgehead atoms. The zero-order valence-electron chi connectivity index (χ0n) is 16.5. The number of hydrogen-bond acceptors (Lipinski definition) is 5. The van der Waals surface area contributed by atoms with Gasteiger partial charge in [0.25, 0.3) is 5.91 Å². The summed E-state index contributed by atoms with van der Waals surface area (Å²) in [4.78, 5) is 29.3. The molecular weight excluding hydrogens is 410 g/mol. The van der Waals surface area contributed by atoms with Crippen molar-refractivity contribution in [3.63, 3.8) is 0 Å². The standard InChI is InChI=1S/C24H19N3O3S/c28-22(14-20-24(29)27-17-5-1-3-7-19(17)30-20)25-16-11-9-15(10-12-16)13-23-26-18-6-2-4-8-21(18)31-23/h1-12,20H,13-14H2,(H,25,28)(H,27,29)/t20-/m1/s1. The zero-order chi connectivity index (χ0) is 21.2. The molecule has 0 unspecified atom stereocenters. The van der Waals surface area contributed by atoms with Gasteiger partial charge in [-0.15, -0.1) is 11.3 Å². The maximum absolute atomic E-state index is 12.4. The molecule has 31 heavy (non-hydrogen) atoms. The van der Waals surface area contributed by atoms with Crippen molar-refractivity contribution in [2.45, 2.75) is 18.9 Å². The lowest BCUT2D eigenvalue weighted by Gasteiger charge is -2.25. The number of fused-ring (bicyclic) bond motifs is 2. The third-order valence-corrected chi connectivity index (χ3v) is 6.04. The minimum absolute atomic E-state index is 0.0619. The van der Waals surface area contributed by atoms with E-state index in [0.29, 0.717) is 17.1 Å². The first-order valence-corrected chi connectivity index (χ1v) is 10.8. The number of rotatable bonds is 5. The highest BCUT2D eigenvalue weighted by atomic mass is 32.1. The Morgan fingerprint density at radius 2 is 1.81 bits per heavy atom. The highest BCUT2D eigenvalue weighted by Gasteiger charge is 2.29. The Morgan fingerprint density at radius 3 is 2.65 bits per heavy atom. The summed E-state index contributed by atoms with van der Waals surface area (Å²) in [6.45, 7) is 0. The molecular formula is C24H19N3O3S. The zero-order valence-corrected chi connectivity index (χ0v) is 17.3. The molecule has 0 saturated carbocycles. The van der Waals surface area contributed by atoms with Crippen LogP contribution in [0.5, 0.6) is 5.75 Å². The average Bonchev–Trinajstić information content (AvgIpc) is 3.18. The second-order valence-corrected chi connectivity index (χ2v) is 8.41. The van der Waals surface area contributed by atoms with Crippen LogP contribution in [0.3, 0.4) is 0 Å². The average molecular weight is 430 g/mol. The number of anilines is 2. The second-order valence-electron chi connectivity index (χ2n) is 7.29. The first kappa shape index (κ1) is 19.3. The molecule has 154 valence electrons. The SMILES string of the molecule is O=C(C[C@H]1Oc2ccccc2NC1=O)Nc1ccc(Cc2nc3ccccc3s2)cc1. The van der Waals surface area contributed by atoms with E-state index in [1.165, 1.54) is 4.70 Å². The van der Waals surface area contributed by atoms with Crippen molar-refractivity contribution in [2.75, 3.05) is 10.6 Å². The van der Waals surface area contributed by atoms with Gasteiger partial charge in [0.05, 0.1) is 27.3 Å². The Bertz CT molecular complexity index is 1230. The van der Waals surface area contributed by atoms with Crippen molar-refractivity contribution in [3.05, 3.63) is 83.4 Å². The fourth-order valence-electron chi connectivity index (χ4n) is 3.48. The monoisotopic (exact) mass is 429 g/mol. The number of amides is 2. The summed E-state index contributed by atoms with van der Waals surface area (Å²) in [5.74, 6) is -0.0300. The van der Waals surface area contributed by atoms with Gasteiger partial charge in [-0.25, -0.2) is 4.98 Å². The van der Waals surface area contributed by atoms with Gasteiger partial charge < -0.3 is 15.4 Å². The molecule has 1 aromatic heterocycles. The van der Waals surface area contributed by atoms with Crippen molar-refractivity contribution in [1.82, 2.24) is 4.98 Å². The number of para-hydroxylation sites is 3. The van der Waals surface area contributed by atoms with E-state index in [1.54, 1.807) is 23.5 Å². The van der Waals surface area contributed by atoms with Crippen molar-refractivity contribution < 1.29 is 14.3 Å². The Hall–Kier alpha value is -3.71. The van der Waals surface area contributed by atoms with Gasteiger partial charge in [-0.05, 0) is 42.0 Å². The predicted molar refractivity (Wildman–Crippen MR) is 122 cm³/mol. The molecule has 2 heterocycles. The van der Waals surface area contributed by atoms with Crippen LogP contribution < -0.4 is 15.4 Å². The first-order valence-electron chi connectivity index (χ1n) is 9.94. The van der Waals surface area contributed by atoms with E-state index in [1.807, 2.05) is 54.6 Å². The van der Waals surface area contributed by atoms with Crippen molar-refractivity contribution in [2.24, 2.45) is 0 Å². The van der Waals surface area contributed by atoms with Gasteiger partial charge >= 0.3 is 0 Å². The third-order valence-electron chi connectivity index (χ3n) is 5.01. The number of nitrogens with zero attached hydrogens (tertiary/aromatic N) is 1. The first-order chi connectivity index (χ1) is 15.1. The van der Waals surface area contributed by atoms with E-state index in [-0.39, 0.29) is 18.2 Å². The predicted octanol–water partition coefficient (Wildman–Crippen LogP) is 4.62. The minimum atomic E-state index is -0.854. The lowest BCUT2D eigenvalue weighted by molar-refractivity contribution is -0.128. The molecule has 0 radical (unpaired) electrons. The van der Waals surface area contributed by atoms with E-state index < -0.39 is 6.10 Å². The number of aromatic nitrogens is 1. The van der Waals surface area contributed by atoms with Gasteiger partial charge in [0.15, 0.2) is 6.10 Å². The summed E-state index contributed by atoms with van der Waals surface area (Å²) in [6, 6.07) is 22.9. The lowest BCUT2D eigenvalue weighted by Crippen LogP contribution is -2.39. The quantitative estimate of drug-likeness (QED) is 0.485. The number of ether oxygens (including phenoxy) is 1. The van der Waals surface area contributed by atoms with Crippen molar-refractivity contribution in [3.8, 4) is 5.75 Å². The Kier molecular flexibility index (Phi) is 5.09. The van der Waals surface area contributed by atoms with Crippen LogP contribution in [0.4, 0.5) is 11.4 Å². The van der Waals surface area contributed by atoms with Crippen LogP contribution in [0.2, 0.25) is 0 Å². The van der Waals surface area contributed by atoms with Crippen LogP contribution >= 0.6 is 11.3 Å². The van der Waals surface area contributed by atoms with E-state index in [0.717, 1.165) is 22.5 Å². The molecule has 0 spiro atoms. The third kappa shape index (κ3) is 4.27. The van der Waals surface area contributed by atoms with E-state index in [9.17, 15) is 9.59 Å². The summed E-state index contributed by atoms with van der Waals surface area (Å²) in [7, 11) is 0. The van der Waals surface area contributed by atoms with Crippen molar-refractivity contribution in [1.29, 1.82) is 0 Å². The van der Waals surface area contributed by atoms with Gasteiger partial charge in [0.1, 0.15) is 5.75 Å². The maximum Gasteiger partial charge on any atom is 0.266 e. The summed E-state index contributed by atoms with van der Waals surface area (Å²) >= 11 is 1.69. The summed E-state index contributed by atoms with van der Waals surface area (Å²) in [5.41, 5.74) is 3.43. The number of hydrogen-bond donors (Lipinski definition) is 2. The topological polar surface area (TPSA) is 80.3 Å². The largest absolute Gasteiger partial charge is 0.478 e. The number of carbonyl (C=O) groups excluding carboxylic acids is 2. The Morgan fingerprint density at radius 1 is 1.03 bits per heavy atom. The van der Waals surface area contributed by atoms with E-state index in [4.69, 9.17) is 4.74 Å². The Labute approximate surface area is 182 Å². The fraction of sp³-hybridized carbons (Fsp3) is 0.125. The molecule has 0 saturated heterocycles. The number of nitrogens with one attached hydrogen (secondary N) is 2. The summed E-state index contributed by atoms with van der Waals surface area (Å²) < 4.78 is 6.86. The van der Waals surface area contributed by atoms with Crippen LogP contribution in [-0.2, 0) is 16.0 Å². The van der Waals surface area contributed by atoms with Gasteiger partial charge in [-0.1, -0.05) is 36.4 Å². The van der Waals surface area contributed by atoms with Gasteiger partial charge in [0.2, 0.25) is 5.91 Å². The lowest BCUT2D eigenvalue weighted by atomic mass is 10.1. The molecule has 1 atom stereocenters. The maximum atomic E-state index is 12.4. The van der Waals surface area contributed by atoms with Crippen LogP contribution in [0.1, 0.15) is 17.0 Å². The number of thiazole rings is 1. The van der Waals surface area contributed by atoms with Crippen LogP contribution in [-0.4, -0.2) is 22.9 Å². The highest BCUT2D eigenvalue weighted by Crippen LogP contribution is 2.30. The Balaban J connectivity index is 1.19. The molecule has 1 aliphatic rings. The van der Waals surface area contributed by atoms with Crippen LogP contribution in [0, 0.1) is 0 Å². The van der Waals surface area contributed by atoms with Gasteiger partial charge in [-0.3, -0.25) is 9.59 Å². The normalized spacial score (nSPS) is 15.1. The smallest absolute Gasteiger partial charge is 0.266 e. The minimum Gasteiger partial charge on any atom is -0.478 e. The molecule has 5 rings (SSSR count). The fourth-order valence-corrected chi connectivity index (χ4v) is 4.49. The summed E-state index contributed by atoms with van der Waals surface area (Å²) in [5, 5.41) is 6.66. The molecule has 6 nitrogen and oxygen atoms in total. The highest BCUT2D eigenvalue weighted by molar-refractivity contribution is 7.18. The molecule has 2 amide bonds.